The average molecular weight is 154 g/mol. The monoisotopic (exact) mass is 154 g/mol. The maximum Gasteiger partial charge on any atom is 0.346 e. The zero-order chi connectivity index (χ0) is 8.27. The van der Waals surface area contributed by atoms with Crippen molar-refractivity contribution in [1.29, 1.82) is 0 Å². The molecule has 1 heterocycles. The summed E-state index contributed by atoms with van der Waals surface area (Å²) in [6.45, 7) is 4.14. The third-order valence-electron chi connectivity index (χ3n) is 1.23. The van der Waals surface area contributed by atoms with Crippen LogP contribution in [0.5, 0.6) is 0 Å². The zero-order valence-corrected chi connectivity index (χ0v) is 6.59. The minimum Gasteiger partial charge on any atom is -0.501 e. The van der Waals surface area contributed by atoms with Crippen LogP contribution in [0.25, 0.3) is 0 Å². The topological polar surface area (TPSA) is 35.5 Å². The molecule has 0 aromatic heterocycles. The highest BCUT2D eigenvalue weighted by Crippen LogP contribution is 2.15. The van der Waals surface area contributed by atoms with E-state index in [-0.39, 0.29) is 5.97 Å². The SMILES string of the molecule is CCO/C=C1/C=C(C)OC1=O. The van der Waals surface area contributed by atoms with Crippen LogP contribution in [-0.4, -0.2) is 12.6 Å². The molecule has 11 heavy (non-hydrogen) atoms. The Morgan fingerprint density at radius 1 is 1.73 bits per heavy atom. The Morgan fingerprint density at radius 2 is 2.45 bits per heavy atom. The Bertz CT molecular complexity index is 225. The van der Waals surface area contributed by atoms with Crippen LogP contribution in [0.3, 0.4) is 0 Å². The molecule has 0 amide bonds. The molecule has 0 fully saturated rings. The van der Waals surface area contributed by atoms with E-state index in [0.717, 1.165) is 0 Å². The summed E-state index contributed by atoms with van der Waals surface area (Å²) in [4.78, 5) is 10.9. The average Bonchev–Trinajstić information content (AvgIpc) is 2.26. The fourth-order valence-electron chi connectivity index (χ4n) is 0.768. The zero-order valence-electron chi connectivity index (χ0n) is 6.59. The summed E-state index contributed by atoms with van der Waals surface area (Å²) >= 11 is 0. The van der Waals surface area contributed by atoms with Gasteiger partial charge in [-0.1, -0.05) is 0 Å². The van der Waals surface area contributed by atoms with E-state index >= 15 is 0 Å². The number of cyclic esters (lactones) is 1. The van der Waals surface area contributed by atoms with Gasteiger partial charge in [0.15, 0.2) is 0 Å². The highest BCUT2D eigenvalue weighted by molar-refractivity contribution is 5.94. The molecule has 0 aromatic carbocycles. The van der Waals surface area contributed by atoms with Crippen molar-refractivity contribution in [3.8, 4) is 0 Å². The quantitative estimate of drug-likeness (QED) is 0.342. The third-order valence-corrected chi connectivity index (χ3v) is 1.23. The standard InChI is InChI=1S/C8H10O3/c1-3-10-5-7-4-6(2)11-8(7)9/h4-5H,3H2,1-2H3/b7-5-. The van der Waals surface area contributed by atoms with Gasteiger partial charge in [0.2, 0.25) is 0 Å². The molecule has 3 heteroatoms. The fourth-order valence-corrected chi connectivity index (χ4v) is 0.768. The second kappa shape index (κ2) is 3.23. The van der Waals surface area contributed by atoms with Gasteiger partial charge in [-0.3, -0.25) is 0 Å². The van der Waals surface area contributed by atoms with Crippen LogP contribution in [0.2, 0.25) is 0 Å². The van der Waals surface area contributed by atoms with Gasteiger partial charge in [0.05, 0.1) is 18.4 Å². The van der Waals surface area contributed by atoms with Crippen molar-refractivity contribution in [3.05, 3.63) is 23.7 Å². The Hall–Kier alpha value is -1.25. The molecule has 1 aliphatic rings. The molecule has 0 unspecified atom stereocenters. The van der Waals surface area contributed by atoms with Crippen molar-refractivity contribution in [1.82, 2.24) is 0 Å². The van der Waals surface area contributed by atoms with Crippen LogP contribution in [0.4, 0.5) is 0 Å². The highest BCUT2D eigenvalue weighted by Gasteiger charge is 2.17. The van der Waals surface area contributed by atoms with Gasteiger partial charge in [0.25, 0.3) is 0 Å². The lowest BCUT2D eigenvalue weighted by molar-refractivity contribution is -0.133. The van der Waals surface area contributed by atoms with Gasteiger partial charge in [0, 0.05) is 0 Å². The van der Waals surface area contributed by atoms with E-state index in [1.54, 1.807) is 13.0 Å². The number of esters is 1. The molecular weight excluding hydrogens is 144 g/mol. The molecule has 0 aliphatic carbocycles. The van der Waals surface area contributed by atoms with Crippen LogP contribution in [0.1, 0.15) is 13.8 Å². The summed E-state index contributed by atoms with van der Waals surface area (Å²) in [5.41, 5.74) is 0.476. The van der Waals surface area contributed by atoms with Gasteiger partial charge in [-0.15, -0.1) is 0 Å². The predicted molar refractivity (Wildman–Crippen MR) is 39.6 cm³/mol. The van der Waals surface area contributed by atoms with E-state index in [1.165, 1.54) is 6.26 Å². The minimum absolute atomic E-state index is 0.337. The number of allylic oxidation sites excluding steroid dienone is 1. The van der Waals surface area contributed by atoms with Crippen LogP contribution in [0, 0.1) is 0 Å². The van der Waals surface area contributed by atoms with E-state index in [4.69, 9.17) is 9.47 Å². The summed E-state index contributed by atoms with van der Waals surface area (Å²) in [5.74, 6) is 0.275. The normalized spacial score (nSPS) is 20.0. The van der Waals surface area contributed by atoms with Crippen molar-refractivity contribution >= 4 is 5.97 Å². The number of hydrogen-bond donors (Lipinski definition) is 0. The summed E-state index contributed by atoms with van der Waals surface area (Å²) in [7, 11) is 0. The first-order chi connectivity index (χ1) is 5.24. The Morgan fingerprint density at radius 3 is 2.91 bits per heavy atom. The van der Waals surface area contributed by atoms with Crippen LogP contribution in [0.15, 0.2) is 23.7 Å². The maximum atomic E-state index is 10.9. The Kier molecular flexibility index (Phi) is 2.31. The van der Waals surface area contributed by atoms with E-state index < -0.39 is 0 Å². The van der Waals surface area contributed by atoms with Gasteiger partial charge >= 0.3 is 5.97 Å². The van der Waals surface area contributed by atoms with Crippen LogP contribution >= 0.6 is 0 Å². The van der Waals surface area contributed by atoms with Gasteiger partial charge in [-0.25, -0.2) is 4.79 Å². The van der Waals surface area contributed by atoms with Crippen molar-refractivity contribution < 1.29 is 14.3 Å². The lowest BCUT2D eigenvalue weighted by atomic mass is 10.3. The summed E-state index contributed by atoms with van der Waals surface area (Å²) in [5, 5.41) is 0. The van der Waals surface area contributed by atoms with Crippen molar-refractivity contribution in [2.24, 2.45) is 0 Å². The first kappa shape index (κ1) is 7.85. The smallest absolute Gasteiger partial charge is 0.346 e. The van der Waals surface area contributed by atoms with Crippen molar-refractivity contribution in [2.75, 3.05) is 6.61 Å². The molecule has 0 N–H and O–H groups in total. The summed E-state index contributed by atoms with van der Waals surface area (Å²) in [6, 6.07) is 0. The molecule has 0 atom stereocenters. The summed E-state index contributed by atoms with van der Waals surface area (Å²) in [6.07, 6.45) is 3.07. The number of carbonyl (C=O) groups excluding carboxylic acids is 1. The number of hydrogen-bond acceptors (Lipinski definition) is 3. The molecule has 3 nitrogen and oxygen atoms in total. The van der Waals surface area contributed by atoms with E-state index in [2.05, 4.69) is 0 Å². The molecule has 0 aromatic rings. The number of rotatable bonds is 2. The molecule has 0 saturated heterocycles. The Labute approximate surface area is 65.3 Å². The van der Waals surface area contributed by atoms with Gasteiger partial charge < -0.3 is 9.47 Å². The highest BCUT2D eigenvalue weighted by atomic mass is 16.5. The molecule has 0 spiro atoms. The molecule has 1 aliphatic heterocycles. The van der Waals surface area contributed by atoms with Crippen LogP contribution in [-0.2, 0) is 14.3 Å². The minimum atomic E-state index is -0.337. The Balaban J connectivity index is 2.65. The molecule has 0 saturated carbocycles. The van der Waals surface area contributed by atoms with Crippen molar-refractivity contribution in [2.45, 2.75) is 13.8 Å². The first-order valence-corrected chi connectivity index (χ1v) is 3.46. The van der Waals surface area contributed by atoms with Crippen molar-refractivity contribution in [3.63, 3.8) is 0 Å². The maximum absolute atomic E-state index is 10.9. The van der Waals surface area contributed by atoms with Gasteiger partial charge in [-0.05, 0) is 19.9 Å². The van der Waals surface area contributed by atoms with Gasteiger partial charge in [0.1, 0.15) is 5.76 Å². The fraction of sp³-hybridized carbons (Fsp3) is 0.375. The largest absolute Gasteiger partial charge is 0.501 e. The number of carbonyl (C=O) groups is 1. The molecule has 1 rings (SSSR count). The van der Waals surface area contributed by atoms with E-state index in [1.807, 2.05) is 6.92 Å². The first-order valence-electron chi connectivity index (χ1n) is 3.46. The number of ether oxygens (including phenoxy) is 2. The molecule has 60 valence electrons. The lowest BCUT2D eigenvalue weighted by Gasteiger charge is -1.93. The van der Waals surface area contributed by atoms with E-state index in [9.17, 15) is 4.79 Å². The van der Waals surface area contributed by atoms with Crippen LogP contribution < -0.4 is 0 Å². The molecular formula is C8H10O3. The summed E-state index contributed by atoms with van der Waals surface area (Å²) < 4.78 is 9.67. The van der Waals surface area contributed by atoms with E-state index in [0.29, 0.717) is 17.9 Å². The second-order valence-corrected chi connectivity index (χ2v) is 2.17. The third kappa shape index (κ3) is 1.83. The second-order valence-electron chi connectivity index (χ2n) is 2.17. The van der Waals surface area contributed by atoms with Gasteiger partial charge in [-0.2, -0.15) is 0 Å². The predicted octanol–water partition coefficient (Wildman–Crippen LogP) is 1.37. The molecule has 0 bridgehead atoms. The lowest BCUT2D eigenvalue weighted by Crippen LogP contribution is -1.97. The molecule has 0 radical (unpaired) electrons.